The molecule has 4 nitrogen and oxygen atoms in total. The molecule has 3 N–H and O–H groups in total. The second kappa shape index (κ2) is 10.3. The SMILES string of the molecule is CCOP(OCC)OCC.N. The van der Waals surface area contributed by atoms with Gasteiger partial charge in [-0.25, -0.2) is 0 Å². The second-order valence-corrected chi connectivity index (χ2v) is 2.70. The Morgan fingerprint density at radius 1 is 0.818 bits per heavy atom. The van der Waals surface area contributed by atoms with Gasteiger partial charge in [0.1, 0.15) is 0 Å². The standard InChI is InChI=1S/C6H15O3P.H3N/c1-4-7-10(8-5-2)9-6-3;/h4-6H2,1-3H3;1H3. The van der Waals surface area contributed by atoms with Crippen molar-refractivity contribution in [2.75, 3.05) is 19.8 Å². The summed E-state index contributed by atoms with van der Waals surface area (Å²) in [5, 5.41) is 0. The van der Waals surface area contributed by atoms with Crippen molar-refractivity contribution in [2.24, 2.45) is 0 Å². The number of hydrogen-bond acceptors (Lipinski definition) is 4. The molecule has 0 amide bonds. The van der Waals surface area contributed by atoms with E-state index in [1.165, 1.54) is 0 Å². The molecule has 0 aromatic rings. The topological polar surface area (TPSA) is 62.7 Å². The maximum Gasteiger partial charge on any atom is 0.332 e. The summed E-state index contributed by atoms with van der Waals surface area (Å²) in [6.07, 6.45) is 0. The zero-order chi connectivity index (χ0) is 7.82. The Labute approximate surface area is 69.8 Å². The Hall–Kier alpha value is 0.270. The summed E-state index contributed by atoms with van der Waals surface area (Å²) < 4.78 is 15.4. The van der Waals surface area contributed by atoms with Gasteiger partial charge in [-0.3, -0.25) is 0 Å². The molecule has 0 saturated carbocycles. The molecule has 0 bridgehead atoms. The molecule has 0 aliphatic carbocycles. The minimum absolute atomic E-state index is 0. The van der Waals surface area contributed by atoms with Crippen molar-refractivity contribution in [3.8, 4) is 0 Å². The van der Waals surface area contributed by atoms with Crippen molar-refractivity contribution in [1.29, 1.82) is 0 Å². The molecule has 70 valence electrons. The van der Waals surface area contributed by atoms with E-state index in [9.17, 15) is 0 Å². The lowest BCUT2D eigenvalue weighted by Crippen LogP contribution is -1.94. The molecule has 0 saturated heterocycles. The van der Waals surface area contributed by atoms with E-state index in [0.29, 0.717) is 19.8 Å². The third kappa shape index (κ3) is 8.17. The van der Waals surface area contributed by atoms with Crippen LogP contribution in [0.2, 0.25) is 0 Å². The average Bonchev–Trinajstić information content (AvgIpc) is 1.90. The zero-order valence-corrected chi connectivity index (χ0v) is 8.39. The molecule has 0 radical (unpaired) electrons. The van der Waals surface area contributed by atoms with Gasteiger partial charge in [0, 0.05) is 0 Å². The molecule has 0 spiro atoms. The fourth-order valence-electron chi connectivity index (χ4n) is 0.428. The van der Waals surface area contributed by atoms with E-state index in [-0.39, 0.29) is 6.15 Å². The smallest absolute Gasteiger partial charge is 0.332 e. The van der Waals surface area contributed by atoms with E-state index >= 15 is 0 Å². The van der Waals surface area contributed by atoms with Crippen LogP contribution in [0.15, 0.2) is 0 Å². The Balaban J connectivity index is 0. The Kier molecular flexibility index (Phi) is 12.9. The van der Waals surface area contributed by atoms with Crippen LogP contribution in [-0.2, 0) is 13.6 Å². The number of hydrogen-bond donors (Lipinski definition) is 1. The lowest BCUT2D eigenvalue weighted by molar-refractivity contribution is 0.176. The molecule has 0 aromatic carbocycles. The third-order valence-electron chi connectivity index (χ3n) is 0.704. The molecule has 0 heterocycles. The average molecular weight is 183 g/mol. The monoisotopic (exact) mass is 183 g/mol. The highest BCUT2D eigenvalue weighted by atomic mass is 31.2. The van der Waals surface area contributed by atoms with E-state index < -0.39 is 8.60 Å². The van der Waals surface area contributed by atoms with Crippen LogP contribution in [-0.4, -0.2) is 19.8 Å². The largest absolute Gasteiger partial charge is 0.344 e. The van der Waals surface area contributed by atoms with Crippen LogP contribution in [0, 0.1) is 0 Å². The van der Waals surface area contributed by atoms with E-state index in [1.807, 2.05) is 20.8 Å². The second-order valence-electron chi connectivity index (χ2n) is 1.48. The first-order chi connectivity index (χ1) is 4.85. The summed E-state index contributed by atoms with van der Waals surface area (Å²) in [7, 11) is -1.06. The van der Waals surface area contributed by atoms with Gasteiger partial charge in [0.05, 0.1) is 19.8 Å². The minimum Gasteiger partial charge on any atom is -0.344 e. The molecule has 0 aromatic heterocycles. The summed E-state index contributed by atoms with van der Waals surface area (Å²) in [5.41, 5.74) is 0. The van der Waals surface area contributed by atoms with Gasteiger partial charge >= 0.3 is 8.60 Å². The summed E-state index contributed by atoms with van der Waals surface area (Å²) in [6, 6.07) is 0. The molecule has 5 heteroatoms. The van der Waals surface area contributed by atoms with Crippen molar-refractivity contribution in [3.05, 3.63) is 0 Å². The predicted molar refractivity (Wildman–Crippen MR) is 46.8 cm³/mol. The molecule has 0 atom stereocenters. The molecule has 0 fully saturated rings. The minimum atomic E-state index is -1.06. The summed E-state index contributed by atoms with van der Waals surface area (Å²) in [6.45, 7) is 7.71. The Morgan fingerprint density at radius 2 is 1.09 bits per heavy atom. The molecular weight excluding hydrogens is 165 g/mol. The van der Waals surface area contributed by atoms with Crippen molar-refractivity contribution in [1.82, 2.24) is 6.15 Å². The van der Waals surface area contributed by atoms with Crippen LogP contribution in [0.25, 0.3) is 0 Å². The van der Waals surface area contributed by atoms with Crippen molar-refractivity contribution in [3.63, 3.8) is 0 Å². The quantitative estimate of drug-likeness (QED) is 0.642. The summed E-state index contributed by atoms with van der Waals surface area (Å²) >= 11 is 0. The molecule has 0 aliphatic rings. The first-order valence-corrected chi connectivity index (χ1v) is 4.63. The highest BCUT2D eigenvalue weighted by Crippen LogP contribution is 2.38. The Morgan fingerprint density at radius 3 is 1.27 bits per heavy atom. The van der Waals surface area contributed by atoms with Gasteiger partial charge in [0.2, 0.25) is 0 Å². The van der Waals surface area contributed by atoms with Crippen molar-refractivity contribution >= 4 is 8.60 Å². The summed E-state index contributed by atoms with van der Waals surface area (Å²) in [5.74, 6) is 0. The van der Waals surface area contributed by atoms with Crippen molar-refractivity contribution < 1.29 is 13.6 Å². The van der Waals surface area contributed by atoms with E-state index in [4.69, 9.17) is 13.6 Å². The zero-order valence-electron chi connectivity index (χ0n) is 7.50. The van der Waals surface area contributed by atoms with Gasteiger partial charge in [-0.2, -0.15) is 0 Å². The van der Waals surface area contributed by atoms with Gasteiger partial charge < -0.3 is 19.7 Å². The first-order valence-electron chi connectivity index (χ1n) is 3.54. The normalized spacial score (nSPS) is 9.82. The van der Waals surface area contributed by atoms with E-state index in [2.05, 4.69) is 0 Å². The lowest BCUT2D eigenvalue weighted by Gasteiger charge is -2.12. The van der Waals surface area contributed by atoms with Gasteiger partial charge in [-0.05, 0) is 20.8 Å². The fraction of sp³-hybridized carbons (Fsp3) is 1.00. The van der Waals surface area contributed by atoms with Crippen LogP contribution < -0.4 is 6.15 Å². The van der Waals surface area contributed by atoms with Gasteiger partial charge in [-0.15, -0.1) is 0 Å². The predicted octanol–water partition coefficient (Wildman–Crippen LogP) is 2.48. The molecule has 0 rings (SSSR count). The van der Waals surface area contributed by atoms with Crippen LogP contribution in [0.3, 0.4) is 0 Å². The lowest BCUT2D eigenvalue weighted by atomic mass is 10.9. The number of rotatable bonds is 6. The maximum absolute atomic E-state index is 5.14. The maximum atomic E-state index is 5.14. The summed E-state index contributed by atoms with van der Waals surface area (Å²) in [4.78, 5) is 0. The third-order valence-corrected chi connectivity index (χ3v) is 2.11. The van der Waals surface area contributed by atoms with Crippen molar-refractivity contribution in [2.45, 2.75) is 20.8 Å². The van der Waals surface area contributed by atoms with E-state index in [1.54, 1.807) is 0 Å². The molecule has 0 unspecified atom stereocenters. The fourth-order valence-corrected chi connectivity index (χ4v) is 1.28. The highest BCUT2D eigenvalue weighted by Gasteiger charge is 2.07. The molecular formula is C6H18NO3P. The Bertz CT molecular complexity index is 60.6. The van der Waals surface area contributed by atoms with Crippen LogP contribution in [0.5, 0.6) is 0 Å². The van der Waals surface area contributed by atoms with Gasteiger partial charge in [-0.1, -0.05) is 0 Å². The first kappa shape index (κ1) is 13.8. The van der Waals surface area contributed by atoms with Crippen LogP contribution in [0.4, 0.5) is 0 Å². The van der Waals surface area contributed by atoms with Crippen LogP contribution in [0.1, 0.15) is 20.8 Å². The molecule has 0 aliphatic heterocycles. The van der Waals surface area contributed by atoms with Crippen LogP contribution >= 0.6 is 8.60 Å². The van der Waals surface area contributed by atoms with Gasteiger partial charge in [0.25, 0.3) is 0 Å². The highest BCUT2D eigenvalue weighted by molar-refractivity contribution is 7.41. The van der Waals surface area contributed by atoms with E-state index in [0.717, 1.165) is 0 Å². The molecule has 11 heavy (non-hydrogen) atoms. The van der Waals surface area contributed by atoms with Gasteiger partial charge in [0.15, 0.2) is 0 Å².